The van der Waals surface area contributed by atoms with Crippen molar-refractivity contribution in [3.63, 3.8) is 0 Å². The predicted molar refractivity (Wildman–Crippen MR) is 81.6 cm³/mol. The highest BCUT2D eigenvalue weighted by Crippen LogP contribution is 2.32. The Labute approximate surface area is 117 Å². The first-order valence-corrected chi connectivity index (χ1v) is 7.16. The standard InChI is InChI=1S/C16H16N2S/c1-17-11-13-4-2-3-5-16(13)19-14-7-6-12-8-9-18-15(12)10-14/h2-10,17-18H,11H2,1H3. The van der Waals surface area contributed by atoms with Crippen LogP contribution in [0, 0.1) is 0 Å². The van der Waals surface area contributed by atoms with Gasteiger partial charge < -0.3 is 10.3 Å². The molecule has 3 aromatic rings. The SMILES string of the molecule is CNCc1ccccc1Sc1ccc2cc[nH]c2c1. The van der Waals surface area contributed by atoms with E-state index in [9.17, 15) is 0 Å². The molecule has 96 valence electrons. The van der Waals surface area contributed by atoms with Gasteiger partial charge in [-0.3, -0.25) is 0 Å². The maximum atomic E-state index is 3.26. The van der Waals surface area contributed by atoms with E-state index < -0.39 is 0 Å². The molecular weight excluding hydrogens is 252 g/mol. The Bertz CT molecular complexity index is 688. The zero-order chi connectivity index (χ0) is 13.1. The Balaban J connectivity index is 1.91. The maximum Gasteiger partial charge on any atom is 0.0465 e. The zero-order valence-electron chi connectivity index (χ0n) is 10.8. The van der Waals surface area contributed by atoms with E-state index >= 15 is 0 Å². The van der Waals surface area contributed by atoms with Crippen LogP contribution in [0.2, 0.25) is 0 Å². The van der Waals surface area contributed by atoms with Crippen LogP contribution in [0.3, 0.4) is 0 Å². The summed E-state index contributed by atoms with van der Waals surface area (Å²) in [5.74, 6) is 0. The molecule has 0 radical (unpaired) electrons. The molecule has 0 unspecified atom stereocenters. The first-order valence-electron chi connectivity index (χ1n) is 6.34. The summed E-state index contributed by atoms with van der Waals surface area (Å²) < 4.78 is 0. The van der Waals surface area contributed by atoms with Crippen LogP contribution >= 0.6 is 11.8 Å². The van der Waals surface area contributed by atoms with Gasteiger partial charge in [0.25, 0.3) is 0 Å². The first kappa shape index (κ1) is 12.3. The van der Waals surface area contributed by atoms with E-state index in [1.165, 1.54) is 26.3 Å². The Morgan fingerprint density at radius 2 is 2.00 bits per heavy atom. The fourth-order valence-electron chi connectivity index (χ4n) is 2.16. The molecule has 0 saturated carbocycles. The molecule has 0 atom stereocenters. The summed E-state index contributed by atoms with van der Waals surface area (Å²) in [6, 6.07) is 17.2. The van der Waals surface area contributed by atoms with E-state index in [1.54, 1.807) is 0 Å². The van der Waals surface area contributed by atoms with Crippen molar-refractivity contribution in [2.24, 2.45) is 0 Å². The van der Waals surface area contributed by atoms with Gasteiger partial charge in [0.2, 0.25) is 0 Å². The van der Waals surface area contributed by atoms with Crippen LogP contribution in [0.15, 0.2) is 64.5 Å². The minimum atomic E-state index is 0.897. The normalized spacial score (nSPS) is 11.0. The van der Waals surface area contributed by atoms with Gasteiger partial charge in [-0.2, -0.15) is 0 Å². The topological polar surface area (TPSA) is 27.8 Å². The van der Waals surface area contributed by atoms with Crippen LogP contribution < -0.4 is 5.32 Å². The van der Waals surface area contributed by atoms with Crippen LogP contribution in [0.1, 0.15) is 5.56 Å². The van der Waals surface area contributed by atoms with Crippen molar-refractivity contribution >= 4 is 22.7 Å². The second kappa shape index (κ2) is 5.51. The minimum Gasteiger partial charge on any atom is -0.361 e. The maximum absolute atomic E-state index is 3.26. The Morgan fingerprint density at radius 3 is 2.89 bits per heavy atom. The molecule has 0 saturated heterocycles. The third-order valence-corrected chi connectivity index (χ3v) is 4.20. The zero-order valence-corrected chi connectivity index (χ0v) is 11.6. The van der Waals surface area contributed by atoms with Crippen molar-refractivity contribution in [2.45, 2.75) is 16.3 Å². The monoisotopic (exact) mass is 268 g/mol. The van der Waals surface area contributed by atoms with E-state index in [0.29, 0.717) is 0 Å². The molecular formula is C16H16N2S. The molecule has 0 spiro atoms. The molecule has 0 aliphatic rings. The number of H-pyrrole nitrogens is 1. The Kier molecular flexibility index (Phi) is 3.58. The highest BCUT2D eigenvalue weighted by atomic mass is 32.2. The van der Waals surface area contributed by atoms with E-state index in [0.717, 1.165) is 6.54 Å². The Hall–Kier alpha value is -1.71. The van der Waals surface area contributed by atoms with Gasteiger partial charge in [-0.25, -0.2) is 0 Å². The van der Waals surface area contributed by atoms with Gasteiger partial charge in [0, 0.05) is 28.0 Å². The quantitative estimate of drug-likeness (QED) is 0.747. The van der Waals surface area contributed by atoms with Crippen molar-refractivity contribution in [3.8, 4) is 0 Å². The highest BCUT2D eigenvalue weighted by Gasteiger charge is 2.04. The fraction of sp³-hybridized carbons (Fsp3) is 0.125. The fourth-order valence-corrected chi connectivity index (χ4v) is 3.14. The second-order valence-corrected chi connectivity index (χ2v) is 5.58. The van der Waals surface area contributed by atoms with Gasteiger partial charge in [-0.05, 0) is 42.3 Å². The minimum absolute atomic E-state index is 0.897. The third kappa shape index (κ3) is 2.67. The van der Waals surface area contributed by atoms with Crippen LogP contribution in [0.5, 0.6) is 0 Å². The van der Waals surface area contributed by atoms with Gasteiger partial charge in [-0.1, -0.05) is 36.0 Å². The number of hydrogen-bond acceptors (Lipinski definition) is 2. The van der Waals surface area contributed by atoms with Crippen LogP contribution in [0.4, 0.5) is 0 Å². The van der Waals surface area contributed by atoms with E-state index in [-0.39, 0.29) is 0 Å². The molecule has 0 bridgehead atoms. The smallest absolute Gasteiger partial charge is 0.0465 e. The summed E-state index contributed by atoms with van der Waals surface area (Å²) >= 11 is 1.81. The molecule has 0 aliphatic carbocycles. The van der Waals surface area contributed by atoms with Crippen molar-refractivity contribution in [1.82, 2.24) is 10.3 Å². The summed E-state index contributed by atoms with van der Waals surface area (Å²) in [5, 5.41) is 4.47. The largest absolute Gasteiger partial charge is 0.361 e. The summed E-state index contributed by atoms with van der Waals surface area (Å²) in [7, 11) is 1.98. The lowest BCUT2D eigenvalue weighted by atomic mass is 10.2. The van der Waals surface area contributed by atoms with E-state index in [4.69, 9.17) is 0 Å². The van der Waals surface area contributed by atoms with Crippen LogP contribution in [-0.4, -0.2) is 12.0 Å². The molecule has 2 N–H and O–H groups in total. The lowest BCUT2D eigenvalue weighted by Crippen LogP contribution is -2.05. The molecule has 0 fully saturated rings. The Morgan fingerprint density at radius 1 is 1.11 bits per heavy atom. The predicted octanol–water partition coefficient (Wildman–Crippen LogP) is 4.04. The number of aromatic nitrogens is 1. The second-order valence-electron chi connectivity index (χ2n) is 4.47. The number of benzene rings is 2. The van der Waals surface area contributed by atoms with Crippen molar-refractivity contribution in [3.05, 3.63) is 60.3 Å². The van der Waals surface area contributed by atoms with Gasteiger partial charge in [0.15, 0.2) is 0 Å². The van der Waals surface area contributed by atoms with Gasteiger partial charge in [-0.15, -0.1) is 0 Å². The molecule has 0 aliphatic heterocycles. The third-order valence-electron chi connectivity index (χ3n) is 3.09. The first-order chi connectivity index (χ1) is 9.36. The average molecular weight is 268 g/mol. The lowest BCUT2D eigenvalue weighted by molar-refractivity contribution is 0.803. The summed E-state index contributed by atoms with van der Waals surface area (Å²) in [6.45, 7) is 0.897. The van der Waals surface area contributed by atoms with E-state index in [1.807, 2.05) is 25.0 Å². The van der Waals surface area contributed by atoms with Gasteiger partial charge in [0.1, 0.15) is 0 Å². The number of aromatic amines is 1. The summed E-state index contributed by atoms with van der Waals surface area (Å²) in [6.07, 6.45) is 1.98. The molecule has 1 aromatic heterocycles. The number of nitrogens with one attached hydrogen (secondary N) is 2. The number of fused-ring (bicyclic) bond motifs is 1. The van der Waals surface area contributed by atoms with Crippen molar-refractivity contribution in [2.75, 3.05) is 7.05 Å². The van der Waals surface area contributed by atoms with Crippen LogP contribution in [-0.2, 0) is 6.54 Å². The summed E-state index contributed by atoms with van der Waals surface area (Å²) in [4.78, 5) is 5.83. The molecule has 2 nitrogen and oxygen atoms in total. The average Bonchev–Trinajstić information content (AvgIpc) is 2.89. The molecule has 3 rings (SSSR count). The van der Waals surface area contributed by atoms with Gasteiger partial charge in [0.05, 0.1) is 0 Å². The number of hydrogen-bond donors (Lipinski definition) is 2. The van der Waals surface area contributed by atoms with E-state index in [2.05, 4.69) is 58.8 Å². The van der Waals surface area contributed by atoms with Crippen molar-refractivity contribution in [1.29, 1.82) is 0 Å². The molecule has 1 heterocycles. The summed E-state index contributed by atoms with van der Waals surface area (Å²) in [5.41, 5.74) is 2.53. The van der Waals surface area contributed by atoms with Gasteiger partial charge >= 0.3 is 0 Å². The van der Waals surface area contributed by atoms with Crippen LogP contribution in [0.25, 0.3) is 10.9 Å². The molecule has 0 amide bonds. The molecule has 2 aromatic carbocycles. The molecule has 3 heteroatoms. The lowest BCUT2D eigenvalue weighted by Gasteiger charge is -2.08. The highest BCUT2D eigenvalue weighted by molar-refractivity contribution is 7.99. The number of rotatable bonds is 4. The molecule has 19 heavy (non-hydrogen) atoms. The van der Waals surface area contributed by atoms with Crippen molar-refractivity contribution < 1.29 is 0 Å².